The van der Waals surface area contributed by atoms with E-state index in [1.54, 1.807) is 4.90 Å². The highest BCUT2D eigenvalue weighted by Crippen LogP contribution is 2.28. The first-order valence-corrected chi connectivity index (χ1v) is 10.4. The zero-order valence-electron chi connectivity index (χ0n) is 12.7. The third kappa shape index (κ3) is 4.67. The van der Waals surface area contributed by atoms with E-state index in [4.69, 9.17) is 0 Å². The lowest BCUT2D eigenvalue weighted by atomic mass is 10.2. The van der Waals surface area contributed by atoms with Crippen molar-refractivity contribution in [1.29, 1.82) is 0 Å². The van der Waals surface area contributed by atoms with Crippen LogP contribution in [0.4, 0.5) is 5.69 Å². The van der Waals surface area contributed by atoms with Crippen LogP contribution in [-0.2, 0) is 4.79 Å². The smallest absolute Gasteiger partial charge is 0.227 e. The molecule has 0 N–H and O–H groups in total. The number of allylic oxidation sites excluding steroid dienone is 2. The molecule has 1 amide bonds. The maximum Gasteiger partial charge on any atom is 0.227 e. The molecule has 0 bridgehead atoms. The number of rotatable bonds is 5. The monoisotopic (exact) mass is 275 g/mol. The molecule has 0 heterocycles. The molecule has 0 aliphatic rings. The number of nitrogens with zero attached hydrogens (tertiary/aromatic N) is 1. The molecular weight excluding hydrogens is 250 g/mol. The number of para-hydroxylation sites is 1. The Hall–Kier alpha value is -1.35. The fraction of sp³-hybridized carbons (Fsp3) is 0.438. The standard InChI is InChI=1S/C16H25NOSi/c1-6-10-15(19(3,4)5)13-16(18)17(2)14-11-8-7-9-12-14/h6-12,15H,13H2,1-5H3/b10-6+. The lowest BCUT2D eigenvalue weighted by molar-refractivity contribution is -0.118. The first kappa shape index (κ1) is 15.7. The van der Waals surface area contributed by atoms with Crippen molar-refractivity contribution in [3.8, 4) is 0 Å². The zero-order valence-corrected chi connectivity index (χ0v) is 13.7. The van der Waals surface area contributed by atoms with Gasteiger partial charge in [0.2, 0.25) is 5.91 Å². The van der Waals surface area contributed by atoms with E-state index in [-0.39, 0.29) is 5.91 Å². The number of hydrogen-bond donors (Lipinski definition) is 0. The average Bonchev–Trinajstić information content (AvgIpc) is 2.37. The molecule has 0 aromatic heterocycles. The zero-order chi connectivity index (χ0) is 14.5. The molecule has 0 saturated carbocycles. The first-order valence-electron chi connectivity index (χ1n) is 6.80. The highest BCUT2D eigenvalue weighted by molar-refractivity contribution is 6.78. The molecule has 0 fully saturated rings. The van der Waals surface area contributed by atoms with E-state index in [9.17, 15) is 4.79 Å². The summed E-state index contributed by atoms with van der Waals surface area (Å²) in [5, 5.41) is 0. The third-order valence-electron chi connectivity index (χ3n) is 3.45. The number of carbonyl (C=O) groups excluding carboxylic acids is 1. The van der Waals surface area contributed by atoms with Crippen LogP contribution in [0.25, 0.3) is 0 Å². The number of amides is 1. The van der Waals surface area contributed by atoms with Gasteiger partial charge in [0.1, 0.15) is 0 Å². The van der Waals surface area contributed by atoms with Gasteiger partial charge in [-0.2, -0.15) is 0 Å². The SMILES string of the molecule is C/C=C/C(CC(=O)N(C)c1ccccc1)[Si](C)(C)C. The Labute approximate surface area is 118 Å². The number of hydrogen-bond acceptors (Lipinski definition) is 1. The average molecular weight is 275 g/mol. The van der Waals surface area contributed by atoms with Crippen LogP contribution >= 0.6 is 0 Å². The van der Waals surface area contributed by atoms with Crippen LogP contribution in [0.2, 0.25) is 25.2 Å². The lowest BCUT2D eigenvalue weighted by Gasteiger charge is -2.28. The molecule has 2 nitrogen and oxygen atoms in total. The number of anilines is 1. The van der Waals surface area contributed by atoms with Gasteiger partial charge in [-0.25, -0.2) is 0 Å². The minimum Gasteiger partial charge on any atom is -0.315 e. The molecule has 0 aliphatic carbocycles. The van der Waals surface area contributed by atoms with Crippen molar-refractivity contribution in [3.63, 3.8) is 0 Å². The minimum absolute atomic E-state index is 0.191. The van der Waals surface area contributed by atoms with Crippen molar-refractivity contribution in [2.75, 3.05) is 11.9 Å². The van der Waals surface area contributed by atoms with Gasteiger partial charge in [-0.05, 0) is 24.6 Å². The highest BCUT2D eigenvalue weighted by Gasteiger charge is 2.27. The van der Waals surface area contributed by atoms with Gasteiger partial charge in [-0.3, -0.25) is 4.79 Å². The summed E-state index contributed by atoms with van der Waals surface area (Å²) in [4.78, 5) is 14.2. The Morgan fingerprint density at radius 3 is 2.32 bits per heavy atom. The Kier molecular flexibility index (Phi) is 5.55. The van der Waals surface area contributed by atoms with Gasteiger partial charge in [0.25, 0.3) is 0 Å². The van der Waals surface area contributed by atoms with E-state index in [1.165, 1.54) is 0 Å². The molecule has 3 heteroatoms. The number of carbonyl (C=O) groups is 1. The van der Waals surface area contributed by atoms with E-state index in [1.807, 2.05) is 44.3 Å². The lowest BCUT2D eigenvalue weighted by Crippen LogP contribution is -2.33. The summed E-state index contributed by atoms with van der Waals surface area (Å²) >= 11 is 0. The molecular formula is C16H25NOSi. The number of benzene rings is 1. The van der Waals surface area contributed by atoms with Crippen molar-refractivity contribution < 1.29 is 4.79 Å². The maximum atomic E-state index is 12.4. The topological polar surface area (TPSA) is 20.3 Å². The van der Waals surface area contributed by atoms with Crippen LogP contribution in [0, 0.1) is 0 Å². The predicted molar refractivity (Wildman–Crippen MR) is 86.4 cm³/mol. The normalized spacial score (nSPS) is 13.5. The van der Waals surface area contributed by atoms with Gasteiger partial charge in [0.15, 0.2) is 0 Å². The van der Waals surface area contributed by atoms with Gasteiger partial charge >= 0.3 is 0 Å². The molecule has 0 saturated heterocycles. The quantitative estimate of drug-likeness (QED) is 0.579. The van der Waals surface area contributed by atoms with Crippen LogP contribution in [-0.4, -0.2) is 21.0 Å². The summed E-state index contributed by atoms with van der Waals surface area (Å²) in [5.41, 5.74) is 1.36. The second-order valence-corrected chi connectivity index (χ2v) is 11.5. The van der Waals surface area contributed by atoms with Gasteiger partial charge in [0.05, 0.1) is 8.07 Å². The Bertz CT molecular complexity index is 434. The maximum absolute atomic E-state index is 12.4. The molecule has 0 spiro atoms. The molecule has 19 heavy (non-hydrogen) atoms. The van der Waals surface area contributed by atoms with E-state index in [0.29, 0.717) is 12.0 Å². The summed E-state index contributed by atoms with van der Waals surface area (Å²) < 4.78 is 0. The summed E-state index contributed by atoms with van der Waals surface area (Å²) in [7, 11) is 0.504. The van der Waals surface area contributed by atoms with Crippen molar-refractivity contribution in [3.05, 3.63) is 42.5 Å². The van der Waals surface area contributed by atoms with E-state index < -0.39 is 8.07 Å². The predicted octanol–water partition coefficient (Wildman–Crippen LogP) is 4.32. The molecule has 0 aliphatic heterocycles. The fourth-order valence-electron chi connectivity index (χ4n) is 2.02. The molecule has 0 radical (unpaired) electrons. The van der Waals surface area contributed by atoms with E-state index in [0.717, 1.165) is 5.69 Å². The van der Waals surface area contributed by atoms with Crippen molar-refractivity contribution in [2.24, 2.45) is 0 Å². The molecule has 1 atom stereocenters. The van der Waals surface area contributed by atoms with Gasteiger partial charge in [-0.15, -0.1) is 0 Å². The van der Waals surface area contributed by atoms with Crippen molar-refractivity contribution in [2.45, 2.75) is 38.5 Å². The van der Waals surface area contributed by atoms with Gasteiger partial charge in [-0.1, -0.05) is 50.0 Å². The van der Waals surface area contributed by atoms with E-state index in [2.05, 4.69) is 31.8 Å². The fourth-order valence-corrected chi connectivity index (χ4v) is 3.57. The second-order valence-electron chi connectivity index (χ2n) is 5.99. The van der Waals surface area contributed by atoms with Crippen LogP contribution in [0.1, 0.15) is 13.3 Å². The van der Waals surface area contributed by atoms with Gasteiger partial charge < -0.3 is 4.90 Å². The van der Waals surface area contributed by atoms with Crippen LogP contribution < -0.4 is 4.90 Å². The second kappa shape index (κ2) is 6.71. The molecule has 1 aromatic carbocycles. The summed E-state index contributed by atoms with van der Waals surface area (Å²) in [6, 6.07) is 9.82. The summed E-state index contributed by atoms with van der Waals surface area (Å²) in [6.07, 6.45) is 4.87. The van der Waals surface area contributed by atoms with Crippen molar-refractivity contribution in [1.82, 2.24) is 0 Å². The first-order chi connectivity index (χ1) is 8.86. The molecule has 1 aromatic rings. The van der Waals surface area contributed by atoms with Crippen LogP contribution in [0.3, 0.4) is 0 Å². The molecule has 1 unspecified atom stereocenters. The molecule has 104 valence electrons. The largest absolute Gasteiger partial charge is 0.315 e. The molecule has 1 rings (SSSR count). The van der Waals surface area contributed by atoms with E-state index >= 15 is 0 Å². The Morgan fingerprint density at radius 2 is 1.84 bits per heavy atom. The minimum atomic E-state index is -1.35. The Morgan fingerprint density at radius 1 is 1.26 bits per heavy atom. The highest BCUT2D eigenvalue weighted by atomic mass is 28.3. The summed E-state index contributed by atoms with van der Waals surface area (Å²) in [6.45, 7) is 8.97. The Balaban J connectivity index is 2.78. The van der Waals surface area contributed by atoms with Crippen LogP contribution in [0.15, 0.2) is 42.5 Å². The summed E-state index contributed by atoms with van der Waals surface area (Å²) in [5.74, 6) is 0.191. The van der Waals surface area contributed by atoms with Gasteiger partial charge in [0, 0.05) is 19.2 Å². The van der Waals surface area contributed by atoms with Crippen LogP contribution in [0.5, 0.6) is 0 Å². The third-order valence-corrected chi connectivity index (χ3v) is 6.07. The van der Waals surface area contributed by atoms with Crippen molar-refractivity contribution >= 4 is 19.7 Å².